The first-order chi connectivity index (χ1) is 8.32. The van der Waals surface area contributed by atoms with Crippen LogP contribution >= 0.6 is 11.6 Å². The third-order valence-corrected chi connectivity index (χ3v) is 2.87. The third-order valence-electron chi connectivity index (χ3n) is 2.58. The number of aliphatic hydroxyl groups excluding tert-OH is 1. The minimum absolute atomic E-state index is 0.0630. The number of carboxylic acid groups (broad SMARTS) is 1. The third kappa shape index (κ3) is 3.51. The SMILES string of the molecule is CC(O)CCN(C)c1c(Cl)cc(N)cc1C(=O)O. The van der Waals surface area contributed by atoms with Crippen molar-refractivity contribution in [2.45, 2.75) is 19.4 Å². The number of nitrogens with zero attached hydrogens (tertiary/aromatic N) is 1. The fraction of sp³-hybridized carbons (Fsp3) is 0.417. The Morgan fingerprint density at radius 1 is 1.56 bits per heavy atom. The molecule has 5 nitrogen and oxygen atoms in total. The Bertz CT molecular complexity index is 449. The number of hydrogen-bond donors (Lipinski definition) is 3. The van der Waals surface area contributed by atoms with Gasteiger partial charge < -0.3 is 20.8 Å². The van der Waals surface area contributed by atoms with E-state index >= 15 is 0 Å². The van der Waals surface area contributed by atoms with Crippen LogP contribution in [-0.4, -0.2) is 35.9 Å². The van der Waals surface area contributed by atoms with Crippen LogP contribution in [0.5, 0.6) is 0 Å². The summed E-state index contributed by atoms with van der Waals surface area (Å²) in [4.78, 5) is 12.9. The maximum atomic E-state index is 11.2. The van der Waals surface area contributed by atoms with Gasteiger partial charge in [0.05, 0.1) is 22.4 Å². The Labute approximate surface area is 111 Å². The molecule has 0 aliphatic carbocycles. The molecule has 0 aliphatic heterocycles. The van der Waals surface area contributed by atoms with E-state index in [0.717, 1.165) is 0 Å². The Morgan fingerprint density at radius 3 is 2.67 bits per heavy atom. The van der Waals surface area contributed by atoms with Crippen molar-refractivity contribution in [1.82, 2.24) is 0 Å². The summed E-state index contributed by atoms with van der Waals surface area (Å²) in [6.07, 6.45) is 0.0734. The lowest BCUT2D eigenvalue weighted by Crippen LogP contribution is -2.24. The number of carboxylic acids is 1. The largest absolute Gasteiger partial charge is 0.478 e. The van der Waals surface area contributed by atoms with Gasteiger partial charge in [-0.3, -0.25) is 0 Å². The van der Waals surface area contributed by atoms with Gasteiger partial charge in [0.1, 0.15) is 0 Å². The Morgan fingerprint density at radius 2 is 2.17 bits per heavy atom. The van der Waals surface area contributed by atoms with Crippen molar-refractivity contribution < 1.29 is 15.0 Å². The van der Waals surface area contributed by atoms with E-state index < -0.39 is 12.1 Å². The van der Waals surface area contributed by atoms with Crippen molar-refractivity contribution in [2.75, 3.05) is 24.2 Å². The second-order valence-corrected chi connectivity index (χ2v) is 4.67. The molecule has 1 unspecified atom stereocenters. The van der Waals surface area contributed by atoms with E-state index in [1.54, 1.807) is 18.9 Å². The molecule has 1 aromatic rings. The molecular weight excluding hydrogens is 256 g/mol. The van der Waals surface area contributed by atoms with Crippen molar-refractivity contribution in [3.63, 3.8) is 0 Å². The maximum absolute atomic E-state index is 11.2. The highest BCUT2D eigenvalue weighted by Crippen LogP contribution is 2.32. The first-order valence-corrected chi connectivity index (χ1v) is 5.92. The number of benzene rings is 1. The van der Waals surface area contributed by atoms with Crippen LogP contribution in [0, 0.1) is 0 Å². The molecule has 0 aliphatic rings. The van der Waals surface area contributed by atoms with Gasteiger partial charge in [-0.15, -0.1) is 0 Å². The summed E-state index contributed by atoms with van der Waals surface area (Å²) in [7, 11) is 1.73. The minimum atomic E-state index is -1.08. The van der Waals surface area contributed by atoms with Crippen molar-refractivity contribution >= 4 is 28.9 Å². The summed E-state index contributed by atoms with van der Waals surface area (Å²) in [5.41, 5.74) is 6.37. The van der Waals surface area contributed by atoms with Crippen molar-refractivity contribution in [1.29, 1.82) is 0 Å². The van der Waals surface area contributed by atoms with Gasteiger partial charge >= 0.3 is 5.97 Å². The van der Waals surface area contributed by atoms with Crippen LogP contribution in [0.2, 0.25) is 5.02 Å². The zero-order valence-corrected chi connectivity index (χ0v) is 11.1. The molecule has 18 heavy (non-hydrogen) atoms. The smallest absolute Gasteiger partial charge is 0.337 e. The number of aliphatic hydroxyl groups is 1. The van der Waals surface area contributed by atoms with Crippen LogP contribution in [0.15, 0.2) is 12.1 Å². The first kappa shape index (κ1) is 14.6. The highest BCUT2D eigenvalue weighted by atomic mass is 35.5. The second kappa shape index (κ2) is 5.93. The number of aromatic carboxylic acids is 1. The number of rotatable bonds is 5. The van der Waals surface area contributed by atoms with Crippen LogP contribution in [-0.2, 0) is 0 Å². The van der Waals surface area contributed by atoms with Crippen LogP contribution in [0.4, 0.5) is 11.4 Å². The fourth-order valence-electron chi connectivity index (χ4n) is 1.66. The normalized spacial score (nSPS) is 12.2. The average molecular weight is 273 g/mol. The molecule has 1 rings (SSSR count). The van der Waals surface area contributed by atoms with Gasteiger partial charge in [0.25, 0.3) is 0 Å². The lowest BCUT2D eigenvalue weighted by Gasteiger charge is -2.23. The number of halogens is 1. The maximum Gasteiger partial charge on any atom is 0.337 e. The molecule has 6 heteroatoms. The molecule has 0 radical (unpaired) electrons. The lowest BCUT2D eigenvalue weighted by atomic mass is 10.1. The van der Waals surface area contributed by atoms with Gasteiger partial charge in [0, 0.05) is 19.3 Å². The highest BCUT2D eigenvalue weighted by molar-refractivity contribution is 6.34. The Hall–Kier alpha value is -1.46. The fourth-order valence-corrected chi connectivity index (χ4v) is 2.04. The van der Waals surface area contributed by atoms with Gasteiger partial charge in [-0.25, -0.2) is 4.79 Å². The number of anilines is 2. The Balaban J connectivity index is 3.09. The van der Waals surface area contributed by atoms with E-state index in [1.165, 1.54) is 12.1 Å². The summed E-state index contributed by atoms with van der Waals surface area (Å²) < 4.78 is 0. The minimum Gasteiger partial charge on any atom is -0.478 e. The van der Waals surface area contributed by atoms with Crippen molar-refractivity contribution in [3.8, 4) is 0 Å². The van der Waals surface area contributed by atoms with E-state index in [2.05, 4.69) is 0 Å². The topological polar surface area (TPSA) is 86.8 Å². The predicted octanol–water partition coefficient (Wildman–Crippen LogP) is 1.83. The highest BCUT2D eigenvalue weighted by Gasteiger charge is 2.18. The second-order valence-electron chi connectivity index (χ2n) is 4.26. The van der Waals surface area contributed by atoms with Gasteiger partial charge in [-0.2, -0.15) is 0 Å². The molecule has 100 valence electrons. The molecule has 1 aromatic carbocycles. The average Bonchev–Trinajstić information content (AvgIpc) is 2.24. The molecule has 0 aromatic heterocycles. The number of hydrogen-bond acceptors (Lipinski definition) is 4. The van der Waals surface area contributed by atoms with Crippen LogP contribution in [0.1, 0.15) is 23.7 Å². The zero-order chi connectivity index (χ0) is 13.9. The van der Waals surface area contributed by atoms with Gasteiger partial charge in [-0.1, -0.05) is 11.6 Å². The van der Waals surface area contributed by atoms with Crippen LogP contribution < -0.4 is 10.6 Å². The van der Waals surface area contributed by atoms with E-state index in [9.17, 15) is 9.90 Å². The van der Waals surface area contributed by atoms with Crippen LogP contribution in [0.3, 0.4) is 0 Å². The molecular formula is C12H17ClN2O3. The molecule has 0 saturated carbocycles. The standard InChI is InChI=1S/C12H17ClN2O3/c1-7(16)3-4-15(2)11-9(12(17)18)5-8(14)6-10(11)13/h5-7,16H,3-4,14H2,1-2H3,(H,17,18). The summed E-state index contributed by atoms with van der Waals surface area (Å²) in [5.74, 6) is -1.08. The zero-order valence-electron chi connectivity index (χ0n) is 10.4. The van der Waals surface area contributed by atoms with E-state index in [-0.39, 0.29) is 5.56 Å². The van der Waals surface area contributed by atoms with Gasteiger partial charge in [0.15, 0.2) is 0 Å². The Kier molecular flexibility index (Phi) is 4.81. The predicted molar refractivity (Wildman–Crippen MR) is 72.4 cm³/mol. The molecule has 0 saturated heterocycles. The quantitative estimate of drug-likeness (QED) is 0.712. The molecule has 0 fully saturated rings. The molecule has 0 bridgehead atoms. The summed E-state index contributed by atoms with van der Waals surface area (Å²) in [6, 6.07) is 2.89. The van der Waals surface area contributed by atoms with Crippen molar-refractivity contribution in [3.05, 3.63) is 22.7 Å². The molecule has 0 heterocycles. The van der Waals surface area contributed by atoms with E-state index in [1.807, 2.05) is 0 Å². The molecule has 0 amide bonds. The van der Waals surface area contributed by atoms with E-state index in [0.29, 0.717) is 29.4 Å². The summed E-state index contributed by atoms with van der Waals surface area (Å²) >= 11 is 6.04. The monoisotopic (exact) mass is 272 g/mol. The summed E-state index contributed by atoms with van der Waals surface area (Å²) in [5, 5.41) is 18.7. The van der Waals surface area contributed by atoms with Gasteiger partial charge in [-0.05, 0) is 25.5 Å². The molecule has 1 atom stereocenters. The van der Waals surface area contributed by atoms with Crippen LogP contribution in [0.25, 0.3) is 0 Å². The van der Waals surface area contributed by atoms with Gasteiger partial charge in [0.2, 0.25) is 0 Å². The van der Waals surface area contributed by atoms with Crippen molar-refractivity contribution in [2.24, 2.45) is 0 Å². The number of nitrogen functional groups attached to an aromatic ring is 1. The lowest BCUT2D eigenvalue weighted by molar-refractivity contribution is 0.0697. The van der Waals surface area contributed by atoms with E-state index in [4.69, 9.17) is 22.4 Å². The molecule has 4 N–H and O–H groups in total. The molecule has 0 spiro atoms. The summed E-state index contributed by atoms with van der Waals surface area (Å²) in [6.45, 7) is 2.18. The first-order valence-electron chi connectivity index (χ1n) is 5.54. The number of carbonyl (C=O) groups is 1. The number of nitrogens with two attached hydrogens (primary N) is 1.